The predicted octanol–water partition coefficient (Wildman–Crippen LogP) is 2.87. The summed E-state index contributed by atoms with van der Waals surface area (Å²) in [6.45, 7) is 2.00. The minimum Gasteiger partial charge on any atom is -0.465 e. The van der Waals surface area contributed by atoms with Crippen LogP contribution in [0.15, 0.2) is 42.5 Å². The van der Waals surface area contributed by atoms with Crippen molar-refractivity contribution >= 4 is 29.2 Å². The highest BCUT2D eigenvalue weighted by Crippen LogP contribution is 2.17. The van der Waals surface area contributed by atoms with Gasteiger partial charge in [-0.05, 0) is 42.3 Å². The molecule has 0 radical (unpaired) electrons. The highest BCUT2D eigenvalue weighted by Gasteiger charge is 2.14. The Balaban J connectivity index is 2.10. The Labute approximate surface area is 157 Å². The highest BCUT2D eigenvalue weighted by molar-refractivity contribution is 5.98. The number of amides is 1. The van der Waals surface area contributed by atoms with Gasteiger partial charge in [0.05, 0.1) is 31.9 Å². The van der Waals surface area contributed by atoms with Crippen LogP contribution in [-0.4, -0.2) is 38.6 Å². The molecule has 7 heteroatoms. The zero-order valence-electron chi connectivity index (χ0n) is 15.5. The van der Waals surface area contributed by atoms with Crippen molar-refractivity contribution in [3.63, 3.8) is 0 Å². The lowest BCUT2D eigenvalue weighted by Gasteiger charge is -2.11. The van der Waals surface area contributed by atoms with E-state index in [-0.39, 0.29) is 23.6 Å². The highest BCUT2D eigenvalue weighted by atomic mass is 16.5. The Morgan fingerprint density at radius 1 is 0.889 bits per heavy atom. The van der Waals surface area contributed by atoms with Crippen molar-refractivity contribution in [2.45, 2.75) is 13.3 Å². The van der Waals surface area contributed by atoms with Crippen molar-refractivity contribution in [2.75, 3.05) is 31.4 Å². The molecule has 142 valence electrons. The molecule has 27 heavy (non-hydrogen) atoms. The number of esters is 2. The lowest BCUT2D eigenvalue weighted by molar-refractivity contribution is -0.114. The van der Waals surface area contributed by atoms with Crippen molar-refractivity contribution in [1.29, 1.82) is 0 Å². The number of ether oxygens (including phenoxy) is 2. The molecule has 0 heterocycles. The average Bonchev–Trinajstić information content (AvgIpc) is 2.70. The molecular weight excluding hydrogens is 348 g/mol. The zero-order valence-corrected chi connectivity index (χ0v) is 15.5. The Bertz CT molecular complexity index is 814. The average molecular weight is 370 g/mol. The third-order valence-electron chi connectivity index (χ3n) is 3.85. The maximum absolute atomic E-state index is 12.2. The molecule has 0 aromatic heterocycles. The minimum absolute atomic E-state index is 0.0401. The number of hydrogen-bond acceptors (Lipinski definition) is 6. The van der Waals surface area contributed by atoms with Gasteiger partial charge in [-0.2, -0.15) is 0 Å². The van der Waals surface area contributed by atoms with Crippen molar-refractivity contribution in [3.8, 4) is 0 Å². The Hall–Kier alpha value is -3.35. The van der Waals surface area contributed by atoms with Gasteiger partial charge in [-0.15, -0.1) is 0 Å². The third kappa shape index (κ3) is 5.57. The van der Waals surface area contributed by atoms with E-state index in [0.717, 1.165) is 12.0 Å². The van der Waals surface area contributed by atoms with Crippen LogP contribution in [0.2, 0.25) is 0 Å². The lowest BCUT2D eigenvalue weighted by atomic mass is 10.1. The number of benzene rings is 2. The molecule has 0 saturated carbocycles. The van der Waals surface area contributed by atoms with Gasteiger partial charge in [0.15, 0.2) is 0 Å². The molecule has 2 rings (SSSR count). The molecule has 0 aliphatic heterocycles. The molecule has 0 unspecified atom stereocenters. The number of aryl methyl sites for hydroxylation is 1. The second-order valence-electron chi connectivity index (χ2n) is 5.74. The minimum atomic E-state index is -0.593. The summed E-state index contributed by atoms with van der Waals surface area (Å²) < 4.78 is 9.38. The summed E-state index contributed by atoms with van der Waals surface area (Å²) in [5.41, 5.74) is 2.61. The van der Waals surface area contributed by atoms with Crippen LogP contribution < -0.4 is 10.6 Å². The summed E-state index contributed by atoms with van der Waals surface area (Å²) in [5.74, 6) is -1.44. The number of rotatable bonds is 7. The number of anilines is 2. The van der Waals surface area contributed by atoms with Gasteiger partial charge in [-0.1, -0.05) is 19.1 Å². The summed E-state index contributed by atoms with van der Waals surface area (Å²) in [5, 5.41) is 5.70. The van der Waals surface area contributed by atoms with Crippen LogP contribution in [-0.2, 0) is 20.7 Å². The fourth-order valence-corrected chi connectivity index (χ4v) is 2.46. The van der Waals surface area contributed by atoms with Crippen LogP contribution in [0.25, 0.3) is 0 Å². The van der Waals surface area contributed by atoms with Crippen LogP contribution in [0.1, 0.15) is 33.2 Å². The summed E-state index contributed by atoms with van der Waals surface area (Å²) in [7, 11) is 2.50. The van der Waals surface area contributed by atoms with E-state index in [1.54, 1.807) is 0 Å². The van der Waals surface area contributed by atoms with E-state index in [2.05, 4.69) is 20.1 Å². The van der Waals surface area contributed by atoms with Crippen LogP contribution >= 0.6 is 0 Å². The molecule has 7 nitrogen and oxygen atoms in total. The summed E-state index contributed by atoms with van der Waals surface area (Å²) >= 11 is 0. The number of carbonyl (C=O) groups excluding carboxylic acids is 3. The van der Waals surface area contributed by atoms with Gasteiger partial charge >= 0.3 is 11.9 Å². The molecule has 0 aliphatic carbocycles. The van der Waals surface area contributed by atoms with Crippen LogP contribution in [0.4, 0.5) is 11.4 Å². The van der Waals surface area contributed by atoms with Gasteiger partial charge in [-0.3, -0.25) is 4.79 Å². The first kappa shape index (κ1) is 20.0. The molecule has 0 bridgehead atoms. The van der Waals surface area contributed by atoms with Crippen molar-refractivity contribution in [2.24, 2.45) is 0 Å². The quantitative estimate of drug-likeness (QED) is 0.728. The van der Waals surface area contributed by atoms with Crippen molar-refractivity contribution < 1.29 is 23.9 Å². The molecular formula is C20H22N2O5. The molecule has 2 aromatic carbocycles. The molecule has 1 amide bonds. The van der Waals surface area contributed by atoms with E-state index in [1.165, 1.54) is 32.4 Å². The van der Waals surface area contributed by atoms with Crippen molar-refractivity contribution in [3.05, 3.63) is 59.2 Å². The van der Waals surface area contributed by atoms with E-state index >= 15 is 0 Å². The molecule has 0 spiro atoms. The number of carbonyl (C=O) groups is 3. The van der Waals surface area contributed by atoms with Gasteiger partial charge in [0.25, 0.3) is 0 Å². The third-order valence-corrected chi connectivity index (χ3v) is 3.85. The fraction of sp³-hybridized carbons (Fsp3) is 0.250. The maximum Gasteiger partial charge on any atom is 0.337 e. The largest absolute Gasteiger partial charge is 0.465 e. The first-order valence-electron chi connectivity index (χ1n) is 8.41. The Morgan fingerprint density at radius 2 is 1.52 bits per heavy atom. The first-order chi connectivity index (χ1) is 13.0. The molecule has 0 saturated heterocycles. The number of methoxy groups -OCH3 is 2. The normalized spacial score (nSPS) is 10.0. The first-order valence-corrected chi connectivity index (χ1v) is 8.41. The molecule has 2 N–H and O–H groups in total. The second-order valence-corrected chi connectivity index (χ2v) is 5.74. The SMILES string of the molecule is CCc1cccc(NC(=O)CNc2cc(C(=O)OC)cc(C(=O)OC)c2)c1. The van der Waals surface area contributed by atoms with Gasteiger partial charge in [0, 0.05) is 11.4 Å². The van der Waals surface area contributed by atoms with Gasteiger partial charge in [-0.25, -0.2) is 9.59 Å². The van der Waals surface area contributed by atoms with Crippen LogP contribution in [0, 0.1) is 0 Å². The predicted molar refractivity (Wildman–Crippen MR) is 102 cm³/mol. The molecule has 0 fully saturated rings. The van der Waals surface area contributed by atoms with Gasteiger partial charge in [0.2, 0.25) is 5.91 Å². The van der Waals surface area contributed by atoms with Crippen LogP contribution in [0.3, 0.4) is 0 Å². The monoisotopic (exact) mass is 370 g/mol. The van der Waals surface area contributed by atoms with E-state index in [9.17, 15) is 14.4 Å². The Morgan fingerprint density at radius 3 is 2.07 bits per heavy atom. The Kier molecular flexibility index (Phi) is 6.93. The molecule has 0 atom stereocenters. The summed E-state index contributed by atoms with van der Waals surface area (Å²) in [4.78, 5) is 35.8. The van der Waals surface area contributed by atoms with E-state index in [1.807, 2.05) is 31.2 Å². The smallest absolute Gasteiger partial charge is 0.337 e. The molecule has 2 aromatic rings. The van der Waals surface area contributed by atoms with Crippen LogP contribution in [0.5, 0.6) is 0 Å². The van der Waals surface area contributed by atoms with Gasteiger partial charge in [0.1, 0.15) is 0 Å². The topological polar surface area (TPSA) is 93.7 Å². The van der Waals surface area contributed by atoms with E-state index < -0.39 is 11.9 Å². The van der Waals surface area contributed by atoms with Crippen molar-refractivity contribution in [1.82, 2.24) is 0 Å². The second kappa shape index (κ2) is 9.38. The maximum atomic E-state index is 12.2. The summed E-state index contributed by atoms with van der Waals surface area (Å²) in [6, 6.07) is 12.0. The lowest BCUT2D eigenvalue weighted by Crippen LogP contribution is -2.22. The van der Waals surface area contributed by atoms with E-state index in [4.69, 9.17) is 0 Å². The number of hydrogen-bond donors (Lipinski definition) is 2. The standard InChI is InChI=1S/C20H22N2O5/c1-4-13-6-5-7-16(8-13)22-18(23)12-21-17-10-14(19(24)26-2)9-15(11-17)20(25)27-3/h5-11,21H,4,12H2,1-3H3,(H,22,23). The number of nitrogens with one attached hydrogen (secondary N) is 2. The fourth-order valence-electron chi connectivity index (χ4n) is 2.46. The van der Waals surface area contributed by atoms with E-state index in [0.29, 0.717) is 11.4 Å². The summed E-state index contributed by atoms with van der Waals surface area (Å²) in [6.07, 6.45) is 0.874. The van der Waals surface area contributed by atoms with Gasteiger partial charge < -0.3 is 20.1 Å². The zero-order chi connectivity index (χ0) is 19.8. The molecule has 0 aliphatic rings.